The first kappa shape index (κ1) is 19.1. The van der Waals surface area contributed by atoms with Gasteiger partial charge < -0.3 is 4.79 Å². The first-order valence-electron chi connectivity index (χ1n) is 9.26. The van der Waals surface area contributed by atoms with Crippen LogP contribution >= 0.6 is 0 Å². The lowest BCUT2D eigenvalue weighted by molar-refractivity contribution is -0.501. The first-order valence-corrected chi connectivity index (χ1v) is 9.26. The van der Waals surface area contributed by atoms with Crippen LogP contribution in [0, 0.1) is 15.5 Å². The van der Waals surface area contributed by atoms with Crippen LogP contribution in [0.3, 0.4) is 0 Å². The van der Waals surface area contributed by atoms with Crippen molar-refractivity contribution in [3.63, 3.8) is 0 Å². The molecule has 1 rings (SSSR count). The molecular weight excluding hydrogens is 278 g/mol. The van der Waals surface area contributed by atoms with E-state index in [4.69, 9.17) is 0 Å². The Balaban J connectivity index is 1.86. The van der Waals surface area contributed by atoms with Gasteiger partial charge in [0.2, 0.25) is 6.04 Å². The van der Waals surface area contributed by atoms with Gasteiger partial charge in [0.05, 0.1) is 5.41 Å². The van der Waals surface area contributed by atoms with Crippen LogP contribution in [0.15, 0.2) is 0 Å². The number of hydrogen-bond acceptors (Lipinski definition) is 3. The van der Waals surface area contributed by atoms with Crippen LogP contribution in [0.4, 0.5) is 0 Å². The van der Waals surface area contributed by atoms with Gasteiger partial charge in [0.25, 0.3) is 0 Å². The van der Waals surface area contributed by atoms with Crippen molar-refractivity contribution in [3.05, 3.63) is 10.1 Å². The Hall–Kier alpha value is -0.930. The smallest absolute Gasteiger partial charge is 0.226 e. The maximum Gasteiger partial charge on any atom is 0.226 e. The number of rotatable bonds is 15. The zero-order valence-corrected chi connectivity index (χ0v) is 14.2. The lowest BCUT2D eigenvalue weighted by Crippen LogP contribution is -2.15. The van der Waals surface area contributed by atoms with E-state index in [0.717, 1.165) is 19.1 Å². The van der Waals surface area contributed by atoms with E-state index in [1.165, 1.54) is 64.2 Å². The van der Waals surface area contributed by atoms with E-state index in [1.54, 1.807) is 0 Å². The summed E-state index contributed by atoms with van der Waals surface area (Å²) in [6.07, 6.45) is 17.4. The Morgan fingerprint density at radius 2 is 1.41 bits per heavy atom. The lowest BCUT2D eigenvalue weighted by Gasteiger charge is -2.06. The highest BCUT2D eigenvalue weighted by atomic mass is 16.6. The first-order chi connectivity index (χ1) is 10.7. The van der Waals surface area contributed by atoms with Gasteiger partial charge in [-0.15, -0.1) is 0 Å². The molecule has 0 aromatic heterocycles. The minimum Gasteiger partial charge on any atom is -0.302 e. The van der Waals surface area contributed by atoms with Crippen LogP contribution in [0.5, 0.6) is 0 Å². The minimum atomic E-state index is -0.609. The predicted octanol–water partition coefficient (Wildman–Crippen LogP) is 5.31. The van der Waals surface area contributed by atoms with E-state index >= 15 is 0 Å². The number of carbonyl (C=O) groups is 1. The molecule has 0 aromatic carbocycles. The molecule has 0 N–H and O–H groups in total. The van der Waals surface area contributed by atoms with Crippen molar-refractivity contribution in [2.24, 2.45) is 5.41 Å². The molecular formula is C18H33NO3. The standard InChI is InChI=1S/C18H33NO3/c1-2-3-4-5-6-7-8-9-10-11-12-13-14-18(16-20)15-17(18)19(21)22/h16-17H,2-15H2,1H3/t17-,18-/m1/s1. The molecule has 22 heavy (non-hydrogen) atoms. The fourth-order valence-corrected chi connectivity index (χ4v) is 3.33. The molecule has 0 radical (unpaired) electrons. The average Bonchev–Trinajstić information content (AvgIpc) is 3.24. The van der Waals surface area contributed by atoms with Gasteiger partial charge in [-0.1, -0.05) is 84.0 Å². The largest absolute Gasteiger partial charge is 0.302 e. The van der Waals surface area contributed by atoms with Gasteiger partial charge in [-0.05, 0) is 6.42 Å². The molecule has 2 atom stereocenters. The molecule has 0 bridgehead atoms. The monoisotopic (exact) mass is 311 g/mol. The zero-order valence-electron chi connectivity index (χ0n) is 14.2. The summed E-state index contributed by atoms with van der Waals surface area (Å²) in [5.74, 6) is 0. The molecule has 1 aliphatic rings. The number of aldehydes is 1. The van der Waals surface area contributed by atoms with E-state index in [1.807, 2.05) is 0 Å². The van der Waals surface area contributed by atoms with Crippen LogP contribution in [0.25, 0.3) is 0 Å². The van der Waals surface area contributed by atoms with E-state index in [-0.39, 0.29) is 4.92 Å². The van der Waals surface area contributed by atoms with E-state index < -0.39 is 11.5 Å². The highest BCUT2D eigenvalue weighted by molar-refractivity contribution is 5.65. The molecule has 0 aromatic rings. The molecule has 1 aliphatic carbocycles. The van der Waals surface area contributed by atoms with Crippen molar-refractivity contribution in [1.82, 2.24) is 0 Å². The summed E-state index contributed by atoms with van der Waals surface area (Å²) < 4.78 is 0. The Kier molecular flexibility index (Phi) is 9.33. The van der Waals surface area contributed by atoms with Gasteiger partial charge in [0.1, 0.15) is 6.29 Å². The Morgan fingerprint density at radius 3 is 1.77 bits per heavy atom. The summed E-state index contributed by atoms with van der Waals surface area (Å²) in [4.78, 5) is 21.5. The van der Waals surface area contributed by atoms with E-state index in [2.05, 4.69) is 6.92 Å². The summed E-state index contributed by atoms with van der Waals surface area (Å²) in [5, 5.41) is 10.7. The summed E-state index contributed by atoms with van der Waals surface area (Å²) in [6, 6.07) is -0.599. The quantitative estimate of drug-likeness (QED) is 0.178. The third kappa shape index (κ3) is 6.89. The number of unbranched alkanes of at least 4 members (excludes halogenated alkanes) is 11. The Bertz CT molecular complexity index is 332. The second-order valence-corrected chi connectivity index (χ2v) is 7.00. The molecule has 128 valence electrons. The SMILES string of the molecule is CCCCCCCCCCCCCC[C@]1(C=O)C[C@H]1[N+](=O)[O-]. The highest BCUT2D eigenvalue weighted by Gasteiger charge is 2.63. The minimum absolute atomic E-state index is 0.283. The normalized spacial score (nSPS) is 23.4. The van der Waals surface area contributed by atoms with Crippen molar-refractivity contribution in [2.45, 2.75) is 103 Å². The van der Waals surface area contributed by atoms with Crippen molar-refractivity contribution in [1.29, 1.82) is 0 Å². The molecule has 0 heterocycles. The Morgan fingerprint density at radius 1 is 0.955 bits per heavy atom. The third-order valence-electron chi connectivity index (χ3n) is 5.06. The van der Waals surface area contributed by atoms with Crippen LogP contribution < -0.4 is 0 Å². The fourth-order valence-electron chi connectivity index (χ4n) is 3.33. The molecule has 0 spiro atoms. The molecule has 4 heteroatoms. The molecule has 0 amide bonds. The summed E-state index contributed by atoms with van der Waals surface area (Å²) in [7, 11) is 0. The van der Waals surface area contributed by atoms with Crippen LogP contribution in [0.2, 0.25) is 0 Å². The number of nitrogens with zero attached hydrogens (tertiary/aromatic N) is 1. The zero-order chi connectivity index (χ0) is 16.3. The summed E-state index contributed by atoms with van der Waals surface area (Å²) in [6.45, 7) is 2.25. The van der Waals surface area contributed by atoms with Gasteiger partial charge in [0.15, 0.2) is 0 Å². The van der Waals surface area contributed by atoms with Gasteiger partial charge in [0, 0.05) is 11.3 Å². The molecule has 0 aliphatic heterocycles. The second kappa shape index (κ2) is 10.7. The summed E-state index contributed by atoms with van der Waals surface area (Å²) >= 11 is 0. The van der Waals surface area contributed by atoms with Gasteiger partial charge in [-0.2, -0.15) is 0 Å². The second-order valence-electron chi connectivity index (χ2n) is 7.00. The summed E-state index contributed by atoms with van der Waals surface area (Å²) in [5.41, 5.74) is -0.609. The van der Waals surface area contributed by atoms with Crippen molar-refractivity contribution in [2.75, 3.05) is 0 Å². The van der Waals surface area contributed by atoms with Crippen molar-refractivity contribution < 1.29 is 9.72 Å². The van der Waals surface area contributed by atoms with Gasteiger partial charge in [-0.3, -0.25) is 10.1 Å². The van der Waals surface area contributed by atoms with E-state index in [0.29, 0.717) is 12.8 Å². The average molecular weight is 311 g/mol. The van der Waals surface area contributed by atoms with Crippen LogP contribution in [0.1, 0.15) is 96.8 Å². The van der Waals surface area contributed by atoms with Crippen LogP contribution in [-0.2, 0) is 4.79 Å². The highest BCUT2D eigenvalue weighted by Crippen LogP contribution is 2.50. The number of hydrogen-bond donors (Lipinski definition) is 0. The topological polar surface area (TPSA) is 60.2 Å². The molecule has 1 fully saturated rings. The molecule has 1 saturated carbocycles. The van der Waals surface area contributed by atoms with Crippen molar-refractivity contribution in [3.8, 4) is 0 Å². The number of nitro groups is 1. The van der Waals surface area contributed by atoms with Crippen molar-refractivity contribution >= 4 is 6.29 Å². The Labute approximate surface area is 135 Å². The maximum atomic E-state index is 11.0. The molecule has 0 unspecified atom stereocenters. The lowest BCUT2D eigenvalue weighted by atomic mass is 9.98. The fraction of sp³-hybridized carbons (Fsp3) is 0.944. The maximum absolute atomic E-state index is 11.0. The predicted molar refractivity (Wildman–Crippen MR) is 89.6 cm³/mol. The van der Waals surface area contributed by atoms with Gasteiger partial charge >= 0.3 is 0 Å². The van der Waals surface area contributed by atoms with Crippen LogP contribution in [-0.4, -0.2) is 17.3 Å². The molecule has 4 nitrogen and oxygen atoms in total. The van der Waals surface area contributed by atoms with Gasteiger partial charge in [-0.25, -0.2) is 0 Å². The van der Waals surface area contributed by atoms with E-state index in [9.17, 15) is 14.9 Å². The third-order valence-corrected chi connectivity index (χ3v) is 5.06. The number of carbonyl (C=O) groups excluding carboxylic acids is 1. The molecule has 0 saturated heterocycles.